The normalized spacial score (nSPS) is 22.5. The molecule has 0 aromatic heterocycles. The molecule has 0 aromatic carbocycles. The molecule has 0 bridgehead atoms. The lowest BCUT2D eigenvalue weighted by Gasteiger charge is -2.38. The Morgan fingerprint density at radius 3 is 2.73 bits per heavy atom. The summed E-state index contributed by atoms with van der Waals surface area (Å²) in [6.07, 6.45) is -0.905. The molecule has 7 nitrogen and oxygen atoms in total. The van der Waals surface area contributed by atoms with E-state index in [1.165, 1.54) is 4.90 Å². The number of nitrogens with zero attached hydrogens (tertiary/aromatic N) is 2. The second kappa shape index (κ2) is 4.94. The van der Waals surface area contributed by atoms with E-state index in [0.29, 0.717) is 26.2 Å². The first-order valence-electron chi connectivity index (χ1n) is 4.74. The smallest absolute Gasteiger partial charge is 0.407 e. The van der Waals surface area contributed by atoms with Gasteiger partial charge >= 0.3 is 6.09 Å². The molecular formula is C8H16N4O3. The summed E-state index contributed by atoms with van der Waals surface area (Å²) in [5, 5.41) is 24.5. The molecule has 7 heteroatoms. The summed E-state index contributed by atoms with van der Waals surface area (Å²) in [6, 6.07) is -0.0808. The maximum Gasteiger partial charge on any atom is 0.407 e. The first-order valence-corrected chi connectivity index (χ1v) is 4.74. The number of amides is 1. The van der Waals surface area contributed by atoms with Gasteiger partial charge in [0.2, 0.25) is 0 Å². The van der Waals surface area contributed by atoms with Crippen molar-refractivity contribution in [2.45, 2.75) is 13.0 Å². The Hall–Kier alpha value is -1.34. The van der Waals surface area contributed by atoms with E-state index in [-0.39, 0.29) is 11.9 Å². The molecule has 1 unspecified atom stereocenters. The summed E-state index contributed by atoms with van der Waals surface area (Å²) in [7, 11) is 0. The number of hydrogen-bond donors (Lipinski definition) is 4. The third kappa shape index (κ3) is 3.07. The van der Waals surface area contributed by atoms with Crippen LogP contribution in [0.25, 0.3) is 0 Å². The van der Waals surface area contributed by atoms with E-state index in [0.717, 1.165) is 0 Å². The summed E-state index contributed by atoms with van der Waals surface area (Å²) in [5.74, 6) is 0.0194. The Morgan fingerprint density at radius 2 is 2.27 bits per heavy atom. The van der Waals surface area contributed by atoms with Crippen LogP contribution < -0.4 is 5.48 Å². The molecule has 0 radical (unpaired) electrons. The summed E-state index contributed by atoms with van der Waals surface area (Å²) in [5.41, 5.74) is 1.77. The molecule has 1 atom stereocenters. The molecule has 0 aliphatic carbocycles. The zero-order chi connectivity index (χ0) is 11.4. The topological polar surface area (TPSA) is 99.9 Å². The van der Waals surface area contributed by atoms with Gasteiger partial charge in [-0.25, -0.2) is 4.79 Å². The van der Waals surface area contributed by atoms with Gasteiger partial charge in [-0.1, -0.05) is 0 Å². The summed E-state index contributed by atoms with van der Waals surface area (Å²) in [6.45, 7) is 3.75. The van der Waals surface area contributed by atoms with Crippen molar-refractivity contribution in [2.75, 3.05) is 26.2 Å². The molecule has 4 N–H and O–H groups in total. The number of rotatable bonds is 2. The highest BCUT2D eigenvalue weighted by molar-refractivity contribution is 5.79. The standard InChI is InChI=1S/C8H16N4O3/c1-6-4-11(5-7(9)10-15)2-3-12(6)8(13)14/h6,15H,2-5H2,1H3,(H2,9,10)(H,13,14). The van der Waals surface area contributed by atoms with E-state index in [2.05, 4.69) is 0 Å². The Labute approximate surface area is 87.7 Å². The van der Waals surface area contributed by atoms with Crippen LogP contribution >= 0.6 is 0 Å². The lowest BCUT2D eigenvalue weighted by atomic mass is 10.2. The highest BCUT2D eigenvalue weighted by atomic mass is 16.5. The summed E-state index contributed by atoms with van der Waals surface area (Å²) < 4.78 is 0. The number of hydrogen-bond acceptors (Lipinski definition) is 4. The van der Waals surface area contributed by atoms with E-state index in [1.807, 2.05) is 11.8 Å². The number of piperazine rings is 1. The first-order chi connectivity index (χ1) is 7.04. The van der Waals surface area contributed by atoms with E-state index >= 15 is 0 Å². The maximum absolute atomic E-state index is 10.8. The fourth-order valence-electron chi connectivity index (χ4n) is 1.72. The van der Waals surface area contributed by atoms with Crippen molar-refractivity contribution in [1.29, 1.82) is 5.41 Å². The maximum atomic E-state index is 10.8. The Morgan fingerprint density at radius 1 is 1.60 bits per heavy atom. The average molecular weight is 216 g/mol. The fraction of sp³-hybridized carbons (Fsp3) is 0.750. The van der Waals surface area contributed by atoms with Gasteiger partial charge in [-0.05, 0) is 6.92 Å². The van der Waals surface area contributed by atoms with E-state index in [1.54, 1.807) is 5.48 Å². The quantitative estimate of drug-likeness (QED) is 0.286. The van der Waals surface area contributed by atoms with Crippen molar-refractivity contribution in [1.82, 2.24) is 15.3 Å². The third-order valence-electron chi connectivity index (χ3n) is 2.47. The Kier molecular flexibility index (Phi) is 3.87. The minimum Gasteiger partial charge on any atom is -0.465 e. The van der Waals surface area contributed by atoms with Crippen LogP contribution in [-0.2, 0) is 0 Å². The van der Waals surface area contributed by atoms with Crippen LogP contribution in [0.3, 0.4) is 0 Å². The van der Waals surface area contributed by atoms with Crippen LogP contribution in [0.1, 0.15) is 6.92 Å². The van der Waals surface area contributed by atoms with Crippen LogP contribution in [0, 0.1) is 5.41 Å². The van der Waals surface area contributed by atoms with Crippen molar-refractivity contribution in [3.05, 3.63) is 0 Å². The monoisotopic (exact) mass is 216 g/mol. The Balaban J connectivity index is 2.44. The van der Waals surface area contributed by atoms with E-state index in [9.17, 15) is 4.79 Å². The van der Waals surface area contributed by atoms with Gasteiger partial charge in [-0.15, -0.1) is 0 Å². The van der Waals surface area contributed by atoms with Gasteiger partial charge < -0.3 is 10.0 Å². The number of nitrogens with one attached hydrogen (secondary N) is 2. The van der Waals surface area contributed by atoms with Crippen molar-refractivity contribution in [3.8, 4) is 0 Å². The van der Waals surface area contributed by atoms with Gasteiger partial charge in [0.15, 0.2) is 0 Å². The van der Waals surface area contributed by atoms with Gasteiger partial charge in [-0.3, -0.25) is 21.0 Å². The molecule has 86 valence electrons. The number of amidine groups is 1. The molecule has 1 heterocycles. The summed E-state index contributed by atoms with van der Waals surface area (Å²) >= 11 is 0. The molecule has 0 spiro atoms. The molecule has 1 aliphatic rings. The van der Waals surface area contributed by atoms with Crippen molar-refractivity contribution in [2.24, 2.45) is 0 Å². The Bertz CT molecular complexity index is 258. The lowest BCUT2D eigenvalue weighted by molar-refractivity contribution is 0.0790. The van der Waals surface area contributed by atoms with E-state index in [4.69, 9.17) is 15.7 Å². The molecular weight excluding hydrogens is 200 g/mol. The fourth-order valence-corrected chi connectivity index (χ4v) is 1.72. The minimum absolute atomic E-state index is 0.0194. The molecule has 1 fully saturated rings. The van der Waals surface area contributed by atoms with Crippen molar-refractivity contribution >= 4 is 11.9 Å². The second-order valence-electron chi connectivity index (χ2n) is 3.65. The lowest BCUT2D eigenvalue weighted by Crippen LogP contribution is -2.55. The second-order valence-corrected chi connectivity index (χ2v) is 3.65. The van der Waals surface area contributed by atoms with Gasteiger partial charge in [0.1, 0.15) is 5.84 Å². The predicted octanol–water partition coefficient (Wildman–Crippen LogP) is -0.373. The molecule has 1 aliphatic heterocycles. The van der Waals surface area contributed by atoms with E-state index < -0.39 is 6.09 Å². The number of hydroxylamine groups is 1. The predicted molar refractivity (Wildman–Crippen MR) is 53.3 cm³/mol. The van der Waals surface area contributed by atoms with Crippen LogP contribution in [0.5, 0.6) is 0 Å². The molecule has 1 amide bonds. The molecule has 1 saturated heterocycles. The zero-order valence-electron chi connectivity index (χ0n) is 8.60. The first kappa shape index (κ1) is 11.7. The largest absolute Gasteiger partial charge is 0.465 e. The molecule has 0 saturated carbocycles. The van der Waals surface area contributed by atoms with Gasteiger partial charge in [0.25, 0.3) is 0 Å². The molecule has 0 aromatic rings. The van der Waals surface area contributed by atoms with Crippen molar-refractivity contribution in [3.63, 3.8) is 0 Å². The number of carbonyl (C=O) groups is 1. The molecule has 15 heavy (non-hydrogen) atoms. The highest BCUT2D eigenvalue weighted by Gasteiger charge is 2.27. The van der Waals surface area contributed by atoms with Crippen LogP contribution in [0.15, 0.2) is 0 Å². The van der Waals surface area contributed by atoms with Crippen LogP contribution in [0.2, 0.25) is 0 Å². The summed E-state index contributed by atoms with van der Waals surface area (Å²) in [4.78, 5) is 14.1. The van der Waals surface area contributed by atoms with Gasteiger partial charge in [-0.2, -0.15) is 0 Å². The van der Waals surface area contributed by atoms with Crippen LogP contribution in [-0.4, -0.2) is 64.3 Å². The van der Waals surface area contributed by atoms with Gasteiger partial charge in [0.05, 0.1) is 6.54 Å². The number of carboxylic acid groups (broad SMARTS) is 1. The van der Waals surface area contributed by atoms with Crippen LogP contribution in [0.4, 0.5) is 4.79 Å². The van der Waals surface area contributed by atoms with Crippen molar-refractivity contribution < 1.29 is 15.1 Å². The molecule has 1 rings (SSSR count). The minimum atomic E-state index is -0.905. The van der Waals surface area contributed by atoms with Gasteiger partial charge in [0, 0.05) is 25.7 Å². The zero-order valence-corrected chi connectivity index (χ0v) is 8.60. The average Bonchev–Trinajstić information content (AvgIpc) is 2.17. The highest BCUT2D eigenvalue weighted by Crippen LogP contribution is 2.08. The SMILES string of the molecule is CC1CN(CC(=N)NO)CCN1C(=O)O. The third-order valence-corrected chi connectivity index (χ3v) is 2.47.